The zero-order valence-electron chi connectivity index (χ0n) is 14.1. The second-order valence-electron chi connectivity index (χ2n) is 5.61. The van der Waals surface area contributed by atoms with Crippen molar-refractivity contribution in [2.24, 2.45) is 0 Å². The summed E-state index contributed by atoms with van der Waals surface area (Å²) < 4.78 is 60.3. The van der Waals surface area contributed by atoms with E-state index in [1.54, 1.807) is 18.2 Å². The first-order valence-electron chi connectivity index (χ1n) is 7.84. The maximum atomic E-state index is 14.0. The van der Waals surface area contributed by atoms with Gasteiger partial charge in [-0.1, -0.05) is 18.2 Å². The third kappa shape index (κ3) is 4.26. The predicted molar refractivity (Wildman–Crippen MR) is 97.1 cm³/mol. The number of nitrogens with one attached hydrogen (secondary N) is 1. The Kier molecular flexibility index (Phi) is 5.27. The van der Waals surface area contributed by atoms with E-state index in [-0.39, 0.29) is 11.4 Å². The highest BCUT2D eigenvalue weighted by molar-refractivity contribution is 7.92. The van der Waals surface area contributed by atoms with Gasteiger partial charge in [0.1, 0.15) is 27.8 Å². The largest absolute Gasteiger partial charge is 0.478 e. The van der Waals surface area contributed by atoms with Crippen molar-refractivity contribution in [1.29, 1.82) is 0 Å². The van der Waals surface area contributed by atoms with E-state index in [2.05, 4.69) is 4.72 Å². The molecule has 3 aromatic rings. The van der Waals surface area contributed by atoms with E-state index in [0.717, 1.165) is 12.1 Å². The van der Waals surface area contributed by atoms with Gasteiger partial charge >= 0.3 is 5.97 Å². The van der Waals surface area contributed by atoms with Crippen molar-refractivity contribution < 1.29 is 31.8 Å². The first kappa shape index (κ1) is 19.3. The van der Waals surface area contributed by atoms with E-state index in [4.69, 9.17) is 4.74 Å². The Labute approximate surface area is 159 Å². The van der Waals surface area contributed by atoms with Crippen LogP contribution >= 0.6 is 0 Å². The van der Waals surface area contributed by atoms with Gasteiger partial charge in [-0.2, -0.15) is 0 Å². The summed E-state index contributed by atoms with van der Waals surface area (Å²) in [5.74, 6) is -3.84. The number of ether oxygens (including phenoxy) is 1. The number of anilines is 1. The number of carbonyl (C=O) groups is 1. The van der Waals surface area contributed by atoms with Crippen LogP contribution in [0.3, 0.4) is 0 Å². The van der Waals surface area contributed by atoms with Crippen molar-refractivity contribution in [3.63, 3.8) is 0 Å². The average Bonchev–Trinajstić information content (AvgIpc) is 2.64. The lowest BCUT2D eigenvalue weighted by molar-refractivity contribution is 0.0693. The van der Waals surface area contributed by atoms with Crippen molar-refractivity contribution in [2.75, 3.05) is 4.72 Å². The van der Waals surface area contributed by atoms with Gasteiger partial charge in [0.15, 0.2) is 5.75 Å². The van der Waals surface area contributed by atoms with Gasteiger partial charge in [0, 0.05) is 5.69 Å². The Morgan fingerprint density at radius 1 is 0.929 bits per heavy atom. The number of para-hydroxylation sites is 1. The average molecular weight is 405 g/mol. The van der Waals surface area contributed by atoms with Crippen LogP contribution in [0.1, 0.15) is 10.4 Å². The molecule has 0 aliphatic rings. The molecule has 0 aromatic heterocycles. The minimum atomic E-state index is -4.40. The van der Waals surface area contributed by atoms with Gasteiger partial charge in [0.2, 0.25) is 0 Å². The van der Waals surface area contributed by atoms with Gasteiger partial charge in [-0.05, 0) is 48.5 Å². The van der Waals surface area contributed by atoms with Crippen molar-refractivity contribution >= 4 is 21.7 Å². The fourth-order valence-electron chi connectivity index (χ4n) is 2.37. The molecule has 0 spiro atoms. The SMILES string of the molecule is O=C(O)c1cc(F)cc(S(=O)(=O)Nc2ccccc2)c1Oc1ccc(F)cc1. The number of rotatable bonds is 6. The van der Waals surface area contributed by atoms with Gasteiger partial charge in [0.25, 0.3) is 10.0 Å². The summed E-state index contributed by atoms with van der Waals surface area (Å²) in [6.07, 6.45) is 0. The number of hydrogen-bond donors (Lipinski definition) is 2. The first-order valence-corrected chi connectivity index (χ1v) is 9.33. The Morgan fingerprint density at radius 3 is 2.18 bits per heavy atom. The molecule has 0 saturated carbocycles. The Balaban J connectivity index is 2.13. The van der Waals surface area contributed by atoms with Gasteiger partial charge in [0.05, 0.1) is 0 Å². The van der Waals surface area contributed by atoms with Crippen LogP contribution in [0.15, 0.2) is 71.6 Å². The molecule has 0 bridgehead atoms. The van der Waals surface area contributed by atoms with Crippen LogP contribution in [0.25, 0.3) is 0 Å². The fourth-order valence-corrected chi connectivity index (χ4v) is 3.59. The number of hydrogen-bond acceptors (Lipinski definition) is 4. The molecule has 0 unspecified atom stereocenters. The number of carboxylic acid groups (broad SMARTS) is 1. The van der Waals surface area contributed by atoms with Gasteiger partial charge in [-0.15, -0.1) is 0 Å². The zero-order valence-corrected chi connectivity index (χ0v) is 14.9. The molecule has 0 radical (unpaired) electrons. The zero-order chi connectivity index (χ0) is 20.3. The number of carboxylic acids is 1. The summed E-state index contributed by atoms with van der Waals surface area (Å²) in [5, 5.41) is 9.37. The highest BCUT2D eigenvalue weighted by Gasteiger charge is 2.27. The van der Waals surface area contributed by atoms with Crippen LogP contribution in [-0.2, 0) is 10.0 Å². The molecule has 0 heterocycles. The molecule has 0 saturated heterocycles. The van der Waals surface area contributed by atoms with Crippen LogP contribution in [-0.4, -0.2) is 19.5 Å². The summed E-state index contributed by atoms with van der Waals surface area (Å²) in [6, 6.07) is 13.5. The molecular formula is C19H13F2NO5S. The van der Waals surface area contributed by atoms with E-state index in [1.165, 1.54) is 24.3 Å². The van der Waals surface area contributed by atoms with Gasteiger partial charge < -0.3 is 9.84 Å². The topological polar surface area (TPSA) is 92.7 Å². The fraction of sp³-hybridized carbons (Fsp3) is 0. The standard InChI is InChI=1S/C19H13F2NO5S/c20-12-6-8-15(9-7-12)27-18-16(19(23)24)10-13(21)11-17(18)28(25,26)22-14-4-2-1-3-5-14/h1-11,22H,(H,23,24). The third-order valence-corrected chi connectivity index (χ3v) is 4.99. The summed E-state index contributed by atoms with van der Waals surface area (Å²) >= 11 is 0. The maximum absolute atomic E-state index is 14.0. The molecule has 144 valence electrons. The smallest absolute Gasteiger partial charge is 0.339 e. The summed E-state index contributed by atoms with van der Waals surface area (Å²) in [7, 11) is -4.40. The highest BCUT2D eigenvalue weighted by Crippen LogP contribution is 2.34. The molecule has 6 nitrogen and oxygen atoms in total. The first-order chi connectivity index (χ1) is 13.3. The Bertz CT molecular complexity index is 1120. The number of benzene rings is 3. The quantitative estimate of drug-likeness (QED) is 0.639. The maximum Gasteiger partial charge on any atom is 0.339 e. The second kappa shape index (κ2) is 7.65. The molecule has 2 N–H and O–H groups in total. The van der Waals surface area contributed by atoms with E-state index in [0.29, 0.717) is 12.1 Å². The molecule has 0 atom stereocenters. The minimum absolute atomic E-state index is 0.0216. The lowest BCUT2D eigenvalue weighted by Crippen LogP contribution is -2.16. The van der Waals surface area contributed by atoms with Crippen LogP contribution in [0, 0.1) is 11.6 Å². The normalized spacial score (nSPS) is 11.1. The number of halogens is 2. The minimum Gasteiger partial charge on any atom is -0.478 e. The number of aromatic carboxylic acids is 1. The molecule has 0 fully saturated rings. The van der Waals surface area contributed by atoms with Gasteiger partial charge in [-0.3, -0.25) is 4.72 Å². The molecule has 0 aliphatic heterocycles. The lowest BCUT2D eigenvalue weighted by atomic mass is 10.2. The monoisotopic (exact) mass is 405 g/mol. The van der Waals surface area contributed by atoms with Crippen molar-refractivity contribution in [1.82, 2.24) is 0 Å². The van der Waals surface area contributed by atoms with Crippen molar-refractivity contribution in [3.8, 4) is 11.5 Å². The molecule has 3 rings (SSSR count). The summed E-state index contributed by atoms with van der Waals surface area (Å²) in [4.78, 5) is 10.8. The molecule has 0 amide bonds. The van der Waals surface area contributed by atoms with Gasteiger partial charge in [-0.25, -0.2) is 22.0 Å². The van der Waals surface area contributed by atoms with E-state index >= 15 is 0 Å². The van der Waals surface area contributed by atoms with Crippen molar-refractivity contribution in [3.05, 3.63) is 83.9 Å². The highest BCUT2D eigenvalue weighted by atomic mass is 32.2. The number of sulfonamides is 1. The summed E-state index contributed by atoms with van der Waals surface area (Å²) in [5.41, 5.74) is -0.505. The van der Waals surface area contributed by atoms with E-state index in [9.17, 15) is 27.1 Å². The molecule has 9 heteroatoms. The Hall–Kier alpha value is -3.46. The van der Waals surface area contributed by atoms with Crippen LogP contribution in [0.5, 0.6) is 11.5 Å². The predicted octanol–water partition coefficient (Wildman–Crippen LogP) is 4.26. The second-order valence-corrected chi connectivity index (χ2v) is 7.26. The summed E-state index contributed by atoms with van der Waals surface area (Å²) in [6.45, 7) is 0. The third-order valence-electron chi connectivity index (χ3n) is 3.60. The van der Waals surface area contributed by atoms with Crippen molar-refractivity contribution in [2.45, 2.75) is 4.90 Å². The van der Waals surface area contributed by atoms with E-state index in [1.807, 2.05) is 0 Å². The molecule has 28 heavy (non-hydrogen) atoms. The molecule has 3 aromatic carbocycles. The van der Waals surface area contributed by atoms with Crippen LogP contribution in [0.4, 0.5) is 14.5 Å². The molecular weight excluding hydrogens is 392 g/mol. The Morgan fingerprint density at radius 2 is 1.57 bits per heavy atom. The van der Waals surface area contributed by atoms with E-state index < -0.39 is 43.8 Å². The lowest BCUT2D eigenvalue weighted by Gasteiger charge is -2.15. The molecule has 0 aliphatic carbocycles. The van der Waals surface area contributed by atoms with Crippen LogP contribution < -0.4 is 9.46 Å². The van der Waals surface area contributed by atoms with Crippen LogP contribution in [0.2, 0.25) is 0 Å².